The molecule has 0 aliphatic carbocycles. The van der Waals surface area contributed by atoms with Gasteiger partial charge in [0, 0.05) is 53.7 Å². The van der Waals surface area contributed by atoms with E-state index in [2.05, 4.69) is 19.2 Å². The van der Waals surface area contributed by atoms with Crippen LogP contribution in [0.25, 0.3) is 0 Å². The van der Waals surface area contributed by atoms with Crippen LogP contribution in [0.5, 0.6) is 0 Å². The van der Waals surface area contributed by atoms with Gasteiger partial charge in [0.1, 0.15) is 12.2 Å². The second-order valence-electron chi connectivity index (χ2n) is 22.0. The first-order chi connectivity index (χ1) is 37.6. The summed E-state index contributed by atoms with van der Waals surface area (Å²) in [6.45, 7) is 11.4. The van der Waals surface area contributed by atoms with Gasteiger partial charge in [0.25, 0.3) is 0 Å². The summed E-state index contributed by atoms with van der Waals surface area (Å²) in [4.78, 5) is 89.2. The summed E-state index contributed by atoms with van der Waals surface area (Å²) in [7, 11) is 0. The van der Waals surface area contributed by atoms with Gasteiger partial charge in [0.05, 0.1) is 12.6 Å². The van der Waals surface area contributed by atoms with Gasteiger partial charge in [-0.15, -0.1) is 0 Å². The van der Waals surface area contributed by atoms with Crippen LogP contribution in [0.4, 0.5) is 0 Å². The lowest BCUT2D eigenvalue weighted by Crippen LogP contribution is -2.63. The zero-order chi connectivity index (χ0) is 57.6. The number of unbranched alkanes of at least 4 members (excludes halogenated alkanes) is 33. The fourth-order valence-electron chi connectivity index (χ4n) is 10.4. The largest absolute Gasteiger partial charge is 0.459 e. The molecule has 0 aromatic carbocycles. The molecule has 1 saturated heterocycles. The fraction of sp³-hybridized carbons (Fsp3) is 0.887. The summed E-state index contributed by atoms with van der Waals surface area (Å²) < 4.78 is 41.4. The van der Waals surface area contributed by atoms with E-state index in [-0.39, 0.29) is 23.2 Å². The summed E-state index contributed by atoms with van der Waals surface area (Å²) >= 11 is 0.881. The van der Waals surface area contributed by atoms with Crippen molar-refractivity contribution >= 4 is 52.6 Å². The topological polar surface area (TPSA) is 196 Å². The molecule has 0 saturated carbocycles. The minimum absolute atomic E-state index is 0.0545. The highest BCUT2D eigenvalue weighted by atomic mass is 32.2. The van der Waals surface area contributed by atoms with E-state index in [0.717, 1.165) is 83.9 Å². The Morgan fingerprint density at radius 1 is 0.436 bits per heavy atom. The highest BCUT2D eigenvalue weighted by Gasteiger charge is 2.53. The maximum Gasteiger partial charge on any atom is 0.303 e. The van der Waals surface area contributed by atoms with Gasteiger partial charge < -0.3 is 38.5 Å². The zero-order valence-electron chi connectivity index (χ0n) is 50.3. The van der Waals surface area contributed by atoms with Crippen molar-refractivity contribution < 1.29 is 66.7 Å². The van der Waals surface area contributed by atoms with Crippen molar-refractivity contribution in [3.05, 3.63) is 0 Å². The van der Waals surface area contributed by atoms with Gasteiger partial charge in [0.15, 0.2) is 35.8 Å². The molecule has 1 fully saturated rings. The first-order valence-electron chi connectivity index (χ1n) is 31.1. The normalized spacial score (nSPS) is 18.3. The second kappa shape index (κ2) is 48.5. The van der Waals surface area contributed by atoms with E-state index in [1.165, 1.54) is 181 Å². The van der Waals surface area contributed by atoms with E-state index >= 15 is 0 Å². The van der Waals surface area contributed by atoms with Crippen molar-refractivity contribution in [2.45, 2.75) is 342 Å². The van der Waals surface area contributed by atoms with E-state index < -0.39 is 85.4 Å². The number of thioether (sulfide) groups is 1. The number of hydrogen-bond acceptors (Lipinski definition) is 15. The number of hydrogen-bond donors (Lipinski definition) is 1. The molecule has 1 aliphatic heterocycles. The van der Waals surface area contributed by atoms with Crippen molar-refractivity contribution in [3.63, 3.8) is 0 Å². The van der Waals surface area contributed by atoms with Gasteiger partial charge in [-0.3, -0.25) is 33.6 Å². The number of carbonyl (C=O) groups excluding carboxylic acids is 7. The van der Waals surface area contributed by atoms with E-state index in [9.17, 15) is 33.6 Å². The van der Waals surface area contributed by atoms with Crippen LogP contribution in [0, 0.1) is 0 Å². The van der Waals surface area contributed by atoms with Crippen LogP contribution < -0.4 is 5.32 Å². The summed E-state index contributed by atoms with van der Waals surface area (Å²) in [5.41, 5.74) is 0. The summed E-state index contributed by atoms with van der Waals surface area (Å²) in [5.74, 6) is -3.96. The number of ether oxygens (including phenoxy) is 7. The number of carbonyl (C=O) groups is 7. The van der Waals surface area contributed by atoms with Crippen molar-refractivity contribution in [2.75, 3.05) is 12.4 Å². The third-order valence-corrected chi connectivity index (χ3v) is 15.4. The van der Waals surface area contributed by atoms with E-state index in [4.69, 9.17) is 33.2 Å². The average Bonchev–Trinajstić information content (AvgIpc) is 3.37. The molecule has 8 atom stereocenters. The Kier molecular flexibility index (Phi) is 45.2. The standard InChI is InChI=1S/C62H111NO14S/c1-9-11-13-15-17-19-21-23-24-25-26-27-28-29-30-31-32-33-35-37-39-41-43-45-57(70)63-54(58(73-49(4)65)55(72-48(3)64)44-42-40-38-36-34-22-20-18-16-14-12-10-2)46-71-62-61(76-52(7)68)60(75-51(6)67)59(74-50(5)66)56(77-62)47-78-53(8)69/h54-56,58-62H,9-47H2,1-8H3,(H,63,70)/t54-,55+,56+,58-,59-,60-,61+,62-/m0/s1. The van der Waals surface area contributed by atoms with Gasteiger partial charge in [-0.2, -0.15) is 0 Å². The van der Waals surface area contributed by atoms with Gasteiger partial charge in [-0.05, 0) is 19.3 Å². The lowest BCUT2D eigenvalue weighted by atomic mass is 9.97. The van der Waals surface area contributed by atoms with Crippen molar-refractivity contribution in [2.24, 2.45) is 0 Å². The predicted octanol–water partition coefficient (Wildman–Crippen LogP) is 14.6. The Morgan fingerprint density at radius 3 is 1.17 bits per heavy atom. The molecular formula is C62H111NO14S. The SMILES string of the molecule is CCCCCCCCCCCCCCCCCCCCCCCCCC(=O)N[C@@H](CO[C@H]1O[C@H](CSC(C)=O)[C@H](OC(C)=O)[C@H](OC(C)=O)[C@H]1OC(C)=O)[C@H](OC(C)=O)[C@@H](CCCCCCCCCCCCCC)OC(C)=O. The molecule has 1 amide bonds. The fourth-order valence-corrected chi connectivity index (χ4v) is 11.1. The molecule has 0 aromatic rings. The van der Waals surface area contributed by atoms with Gasteiger partial charge in [-0.25, -0.2) is 0 Å². The summed E-state index contributed by atoms with van der Waals surface area (Å²) in [5, 5.41) is 2.75. The third-order valence-electron chi connectivity index (χ3n) is 14.5. The third kappa shape index (κ3) is 39.2. The van der Waals surface area contributed by atoms with Gasteiger partial charge >= 0.3 is 29.8 Å². The van der Waals surface area contributed by atoms with Gasteiger partial charge in [-0.1, -0.05) is 237 Å². The van der Waals surface area contributed by atoms with E-state index in [0.29, 0.717) is 19.3 Å². The quantitative estimate of drug-likeness (QED) is 0.0343. The van der Waals surface area contributed by atoms with Gasteiger partial charge in [0.2, 0.25) is 5.91 Å². The molecule has 0 spiro atoms. The molecule has 16 heteroatoms. The van der Waals surface area contributed by atoms with Crippen LogP contribution in [0.15, 0.2) is 0 Å². The molecule has 1 heterocycles. The minimum Gasteiger partial charge on any atom is -0.459 e. The number of nitrogens with one attached hydrogen (secondary N) is 1. The average molecular weight is 1130 g/mol. The molecule has 1 N–H and O–H groups in total. The monoisotopic (exact) mass is 1130 g/mol. The second-order valence-corrected chi connectivity index (χ2v) is 23.2. The Hall–Kier alpha value is -3.24. The molecule has 0 aromatic heterocycles. The highest BCUT2D eigenvalue weighted by molar-refractivity contribution is 8.13. The predicted molar refractivity (Wildman–Crippen MR) is 310 cm³/mol. The van der Waals surface area contributed by atoms with E-state index in [1.807, 2.05) is 0 Å². The van der Waals surface area contributed by atoms with Crippen molar-refractivity contribution in [1.82, 2.24) is 5.32 Å². The molecule has 0 bridgehead atoms. The Balaban J connectivity index is 3.02. The Labute approximate surface area is 477 Å². The first-order valence-corrected chi connectivity index (χ1v) is 32.1. The molecule has 0 radical (unpaired) electrons. The molecule has 0 unspecified atom stereocenters. The summed E-state index contributed by atoms with van der Waals surface area (Å²) in [6, 6.07) is -1.11. The maximum atomic E-state index is 13.9. The Morgan fingerprint density at radius 2 is 0.795 bits per heavy atom. The minimum atomic E-state index is -1.51. The smallest absolute Gasteiger partial charge is 0.303 e. The highest BCUT2D eigenvalue weighted by Crippen LogP contribution is 2.32. The van der Waals surface area contributed by atoms with Crippen LogP contribution >= 0.6 is 11.8 Å². The molecule has 15 nitrogen and oxygen atoms in total. The van der Waals surface area contributed by atoms with Crippen LogP contribution in [-0.4, -0.2) is 102 Å². The van der Waals surface area contributed by atoms with Crippen LogP contribution in [0.3, 0.4) is 0 Å². The molecule has 1 aliphatic rings. The molecule has 78 heavy (non-hydrogen) atoms. The zero-order valence-corrected chi connectivity index (χ0v) is 51.1. The van der Waals surface area contributed by atoms with Crippen molar-refractivity contribution in [1.29, 1.82) is 0 Å². The first kappa shape index (κ1) is 72.8. The molecule has 1 rings (SSSR count). The Bertz CT molecular complexity index is 1600. The number of esters is 5. The van der Waals surface area contributed by atoms with E-state index in [1.54, 1.807) is 0 Å². The number of amides is 1. The van der Waals surface area contributed by atoms with Crippen LogP contribution in [0.1, 0.15) is 293 Å². The molecular weight excluding hydrogens is 1010 g/mol. The maximum absolute atomic E-state index is 13.9. The number of rotatable bonds is 50. The van der Waals surface area contributed by atoms with Crippen LogP contribution in [0.2, 0.25) is 0 Å². The lowest BCUT2D eigenvalue weighted by Gasteiger charge is -2.44. The lowest BCUT2D eigenvalue weighted by molar-refractivity contribution is -0.301. The molecule has 454 valence electrons. The summed E-state index contributed by atoms with van der Waals surface area (Å²) in [6.07, 6.45) is 34.2. The van der Waals surface area contributed by atoms with Crippen molar-refractivity contribution in [3.8, 4) is 0 Å². The van der Waals surface area contributed by atoms with Crippen LogP contribution in [-0.2, 0) is 66.7 Å².